The van der Waals surface area contributed by atoms with Crippen LogP contribution in [0.3, 0.4) is 0 Å². The molecule has 2 rings (SSSR count). The normalized spacial score (nSPS) is 19.5. The molecule has 1 aromatic heterocycles. The smallest absolute Gasteiger partial charge is 0.243 e. The first-order valence-electron chi connectivity index (χ1n) is 9.03. The molecule has 26 heavy (non-hydrogen) atoms. The minimum Gasteiger partial charge on any atom is -0.395 e. The van der Waals surface area contributed by atoms with Crippen LogP contribution in [0.5, 0.6) is 0 Å². The summed E-state index contributed by atoms with van der Waals surface area (Å²) in [5.41, 5.74) is -0.0141. The van der Waals surface area contributed by atoms with Gasteiger partial charge >= 0.3 is 0 Å². The SMILES string of the molecule is CC(C)(CO)c1cc(NC(=O)C(C)(C)[SH](C)(=O)CC[C@@H]2CCOC2)on1. The summed E-state index contributed by atoms with van der Waals surface area (Å²) in [5.74, 6) is 0.791. The van der Waals surface area contributed by atoms with Gasteiger partial charge in [0.05, 0.1) is 17.0 Å². The van der Waals surface area contributed by atoms with Crippen molar-refractivity contribution in [3.05, 3.63) is 11.8 Å². The average molecular weight is 389 g/mol. The Morgan fingerprint density at radius 1 is 1.42 bits per heavy atom. The number of aliphatic hydroxyl groups excluding tert-OH is 1. The topological polar surface area (TPSA) is 102 Å². The predicted molar refractivity (Wildman–Crippen MR) is 103 cm³/mol. The fraction of sp³-hybridized carbons (Fsp3) is 0.778. The molecule has 0 bridgehead atoms. The maximum atomic E-state index is 13.3. The van der Waals surface area contributed by atoms with Crippen molar-refractivity contribution in [2.45, 2.75) is 50.7 Å². The van der Waals surface area contributed by atoms with Gasteiger partial charge < -0.3 is 14.4 Å². The lowest BCUT2D eigenvalue weighted by atomic mass is 9.91. The van der Waals surface area contributed by atoms with Crippen LogP contribution in [-0.2, 0) is 24.9 Å². The van der Waals surface area contributed by atoms with Crippen LogP contribution < -0.4 is 5.32 Å². The molecule has 2 N–H and O–H groups in total. The molecule has 1 aromatic rings. The molecule has 2 heterocycles. The zero-order valence-electron chi connectivity index (χ0n) is 16.4. The molecule has 1 saturated heterocycles. The van der Waals surface area contributed by atoms with Crippen molar-refractivity contribution >= 4 is 21.7 Å². The maximum Gasteiger partial charge on any atom is 0.243 e. The Labute approximate surface area is 156 Å². The molecule has 0 spiro atoms. The number of nitrogens with zero attached hydrogens (tertiary/aromatic N) is 1. The van der Waals surface area contributed by atoms with Crippen molar-refractivity contribution in [3.8, 4) is 0 Å². The summed E-state index contributed by atoms with van der Waals surface area (Å²) >= 11 is 0. The molecule has 1 fully saturated rings. The molecule has 0 aromatic carbocycles. The van der Waals surface area contributed by atoms with E-state index in [1.54, 1.807) is 26.2 Å². The lowest BCUT2D eigenvalue weighted by molar-refractivity contribution is -0.117. The summed E-state index contributed by atoms with van der Waals surface area (Å²) in [4.78, 5) is 12.8. The second-order valence-electron chi connectivity index (χ2n) is 8.47. The lowest BCUT2D eigenvalue weighted by Gasteiger charge is -2.35. The number of amides is 1. The average Bonchev–Trinajstić information content (AvgIpc) is 3.24. The molecule has 7 nitrogen and oxygen atoms in total. The minimum atomic E-state index is -2.74. The van der Waals surface area contributed by atoms with Crippen LogP contribution in [0.2, 0.25) is 0 Å². The molecule has 0 saturated carbocycles. The number of aromatic nitrogens is 1. The van der Waals surface area contributed by atoms with Crippen LogP contribution in [-0.4, -0.2) is 57.0 Å². The Morgan fingerprint density at radius 2 is 2.12 bits per heavy atom. The van der Waals surface area contributed by atoms with Gasteiger partial charge in [-0.3, -0.25) is 14.3 Å². The number of carbonyl (C=O) groups excluding carboxylic acids is 1. The van der Waals surface area contributed by atoms with Crippen molar-refractivity contribution in [1.82, 2.24) is 5.16 Å². The molecule has 1 amide bonds. The van der Waals surface area contributed by atoms with E-state index < -0.39 is 20.1 Å². The molecule has 1 atom stereocenters. The van der Waals surface area contributed by atoms with Crippen molar-refractivity contribution in [2.75, 3.05) is 37.1 Å². The minimum absolute atomic E-state index is 0.0898. The first kappa shape index (κ1) is 21.1. The highest BCUT2D eigenvalue weighted by Gasteiger charge is 2.39. The van der Waals surface area contributed by atoms with Gasteiger partial charge in [0.25, 0.3) is 0 Å². The van der Waals surface area contributed by atoms with Gasteiger partial charge in [0, 0.05) is 30.4 Å². The van der Waals surface area contributed by atoms with E-state index in [2.05, 4.69) is 10.5 Å². The third kappa shape index (κ3) is 4.53. The van der Waals surface area contributed by atoms with E-state index in [0.717, 1.165) is 19.4 Å². The van der Waals surface area contributed by atoms with Crippen molar-refractivity contribution in [1.29, 1.82) is 0 Å². The zero-order valence-corrected chi connectivity index (χ0v) is 17.3. The monoisotopic (exact) mass is 388 g/mol. The number of thiol groups is 1. The molecule has 8 heteroatoms. The third-order valence-corrected chi connectivity index (χ3v) is 9.24. The van der Waals surface area contributed by atoms with Gasteiger partial charge in [0.1, 0.15) is 0 Å². The molecular formula is C18H32N2O5S. The van der Waals surface area contributed by atoms with Crippen LogP contribution in [0.15, 0.2) is 10.6 Å². The highest BCUT2D eigenvalue weighted by atomic mass is 32.2. The molecule has 0 unspecified atom stereocenters. The van der Waals surface area contributed by atoms with E-state index in [9.17, 15) is 14.1 Å². The number of nitrogens with one attached hydrogen (secondary N) is 1. The van der Waals surface area contributed by atoms with E-state index in [4.69, 9.17) is 9.26 Å². The summed E-state index contributed by atoms with van der Waals surface area (Å²) in [6, 6.07) is 1.60. The Bertz CT molecular complexity index is 677. The first-order valence-corrected chi connectivity index (χ1v) is 11.4. The fourth-order valence-corrected chi connectivity index (χ4v) is 4.64. The van der Waals surface area contributed by atoms with Crippen molar-refractivity contribution < 1.29 is 23.4 Å². The van der Waals surface area contributed by atoms with Crippen molar-refractivity contribution in [2.24, 2.45) is 5.92 Å². The Morgan fingerprint density at radius 3 is 2.69 bits per heavy atom. The standard InChI is InChI=1S/C18H32N2O5S/c1-17(2,12-21)14-10-15(25-20-14)19-16(22)18(3,4)26(5,23)9-7-13-6-8-24-11-13/h10,13,21,26H,6-9,11-12H2,1-5H3,(H,19,22)/t13-/m0/s1. The number of hydrogen-bond acceptors (Lipinski definition) is 6. The van der Waals surface area contributed by atoms with Gasteiger partial charge in [0.2, 0.25) is 11.8 Å². The number of rotatable bonds is 8. The third-order valence-electron chi connectivity index (χ3n) is 5.56. The Balaban J connectivity index is 2.03. The summed E-state index contributed by atoms with van der Waals surface area (Å²) in [6.45, 7) is 8.47. The van der Waals surface area contributed by atoms with Crippen LogP contribution in [0.1, 0.15) is 46.2 Å². The van der Waals surface area contributed by atoms with Gasteiger partial charge in [-0.15, -0.1) is 0 Å². The largest absolute Gasteiger partial charge is 0.395 e. The zero-order chi connectivity index (χ0) is 19.6. The number of aliphatic hydroxyl groups is 1. The molecule has 150 valence electrons. The van der Waals surface area contributed by atoms with Crippen molar-refractivity contribution in [3.63, 3.8) is 0 Å². The first-order chi connectivity index (χ1) is 12.0. The second-order valence-corrected chi connectivity index (χ2v) is 12.2. The summed E-state index contributed by atoms with van der Waals surface area (Å²) in [6.07, 6.45) is 3.50. The maximum absolute atomic E-state index is 13.3. The predicted octanol–water partition coefficient (Wildman–Crippen LogP) is 1.73. The van der Waals surface area contributed by atoms with Crippen LogP contribution in [0, 0.1) is 5.92 Å². The molecular weight excluding hydrogens is 356 g/mol. The number of ether oxygens (including phenoxy) is 1. The van der Waals surface area contributed by atoms with E-state index >= 15 is 0 Å². The highest BCUT2D eigenvalue weighted by Crippen LogP contribution is 2.29. The number of carbonyl (C=O) groups is 1. The van der Waals surface area contributed by atoms with Crippen LogP contribution >= 0.6 is 0 Å². The molecule has 1 aliphatic rings. The van der Waals surface area contributed by atoms with Crippen LogP contribution in [0.4, 0.5) is 5.88 Å². The Kier molecular flexibility index (Phi) is 6.30. The summed E-state index contributed by atoms with van der Waals surface area (Å²) < 4.78 is 22.8. The summed E-state index contributed by atoms with van der Waals surface area (Å²) in [7, 11) is -2.74. The van der Waals surface area contributed by atoms with Gasteiger partial charge in [-0.05, 0) is 38.9 Å². The van der Waals surface area contributed by atoms with Gasteiger partial charge in [-0.1, -0.05) is 28.9 Å². The Hall–Kier alpha value is -1.25. The van der Waals surface area contributed by atoms with Gasteiger partial charge in [-0.25, -0.2) is 0 Å². The summed E-state index contributed by atoms with van der Waals surface area (Å²) in [5, 5.41) is 16.0. The van der Waals surface area contributed by atoms with E-state index in [1.165, 1.54) is 0 Å². The number of anilines is 1. The fourth-order valence-electron chi connectivity index (χ4n) is 2.73. The van der Waals surface area contributed by atoms with Gasteiger partial charge in [0.15, 0.2) is 0 Å². The van der Waals surface area contributed by atoms with E-state index in [1.807, 2.05) is 13.8 Å². The second kappa shape index (κ2) is 7.78. The quantitative estimate of drug-likeness (QED) is 0.586. The van der Waals surface area contributed by atoms with Crippen LogP contribution in [0.25, 0.3) is 0 Å². The highest BCUT2D eigenvalue weighted by molar-refractivity contribution is 8.04. The lowest BCUT2D eigenvalue weighted by Crippen LogP contribution is -2.49. The molecule has 0 aliphatic carbocycles. The van der Waals surface area contributed by atoms with E-state index in [-0.39, 0.29) is 18.4 Å². The van der Waals surface area contributed by atoms with E-state index in [0.29, 0.717) is 24.0 Å². The van der Waals surface area contributed by atoms with Gasteiger partial charge in [-0.2, -0.15) is 0 Å². The molecule has 0 radical (unpaired) electrons. The molecule has 1 aliphatic heterocycles. The number of hydrogen-bond donors (Lipinski definition) is 3.